The zero-order valence-electron chi connectivity index (χ0n) is 44.4. The minimum atomic E-state index is -0.871. The van der Waals surface area contributed by atoms with E-state index in [4.69, 9.17) is 14.2 Å². The largest absolute Gasteiger partial charge is 0.477 e. The van der Waals surface area contributed by atoms with Gasteiger partial charge in [-0.25, -0.2) is 4.79 Å². The van der Waals surface area contributed by atoms with Gasteiger partial charge in [0.15, 0.2) is 12.1 Å². The molecule has 2 atom stereocenters. The molecule has 0 saturated heterocycles. The van der Waals surface area contributed by atoms with Crippen LogP contribution in [0, 0.1) is 0 Å². The van der Waals surface area contributed by atoms with Crippen LogP contribution in [0.1, 0.15) is 277 Å². The van der Waals surface area contributed by atoms with Crippen molar-refractivity contribution in [2.24, 2.45) is 0 Å². The van der Waals surface area contributed by atoms with Crippen LogP contribution in [0.3, 0.4) is 0 Å². The van der Waals surface area contributed by atoms with Gasteiger partial charge in [-0.05, 0) is 38.5 Å². The van der Waals surface area contributed by atoms with E-state index in [0.29, 0.717) is 19.3 Å². The van der Waals surface area contributed by atoms with Crippen LogP contribution in [0.5, 0.6) is 0 Å². The van der Waals surface area contributed by atoms with Crippen molar-refractivity contribution < 1.29 is 38.2 Å². The first-order valence-corrected chi connectivity index (χ1v) is 28.4. The van der Waals surface area contributed by atoms with Crippen LogP contribution >= 0.6 is 0 Å². The van der Waals surface area contributed by atoms with E-state index in [1.165, 1.54) is 205 Å². The van der Waals surface area contributed by atoms with Gasteiger partial charge in [0, 0.05) is 19.3 Å². The number of carboxylic acids is 1. The highest BCUT2D eigenvalue weighted by atomic mass is 16.6. The minimum absolute atomic E-state index is 0.0468. The second-order valence-corrected chi connectivity index (χ2v) is 20.6. The van der Waals surface area contributed by atoms with Crippen LogP contribution in [-0.2, 0) is 28.6 Å². The minimum Gasteiger partial charge on any atom is -0.477 e. The number of rotatable bonds is 52. The summed E-state index contributed by atoms with van der Waals surface area (Å²) in [5.74, 6) is -1.45. The van der Waals surface area contributed by atoms with E-state index in [-0.39, 0.29) is 36.2 Å². The molecule has 8 heteroatoms. The molecule has 0 aliphatic rings. The van der Waals surface area contributed by atoms with Crippen LogP contribution in [0.4, 0.5) is 0 Å². The Bertz CT molecular complexity index is 1130. The van der Waals surface area contributed by atoms with Gasteiger partial charge in [-0.15, -0.1) is 0 Å². The average Bonchev–Trinajstić information content (AvgIpc) is 3.28. The molecule has 0 aliphatic carbocycles. The second-order valence-electron chi connectivity index (χ2n) is 20.6. The highest BCUT2D eigenvalue weighted by Gasteiger charge is 2.31. The van der Waals surface area contributed by atoms with Crippen LogP contribution in [0.2, 0.25) is 0 Å². The molecule has 2 unspecified atom stereocenters. The Labute approximate surface area is 409 Å². The van der Waals surface area contributed by atoms with Crippen LogP contribution in [0.15, 0.2) is 24.3 Å². The molecule has 0 fully saturated rings. The summed E-state index contributed by atoms with van der Waals surface area (Å²) in [5, 5.41) is 9.67. The molecule has 66 heavy (non-hydrogen) atoms. The fraction of sp³-hybridized carbons (Fsp3) is 0.879. The number of hydrogen-bond donors (Lipinski definition) is 1. The molecule has 8 nitrogen and oxygen atoms in total. The molecule has 0 aromatic heterocycles. The van der Waals surface area contributed by atoms with Crippen LogP contribution in [0.25, 0.3) is 0 Å². The third-order valence-electron chi connectivity index (χ3n) is 13.1. The summed E-state index contributed by atoms with van der Waals surface area (Å²) in [4.78, 5) is 37.3. The molecule has 0 radical (unpaired) electrons. The number of ether oxygens (including phenoxy) is 3. The first kappa shape index (κ1) is 63.8. The summed E-state index contributed by atoms with van der Waals surface area (Å²) in [5.41, 5.74) is 0. The van der Waals surface area contributed by atoms with Crippen molar-refractivity contribution in [3.05, 3.63) is 24.3 Å². The molecule has 0 spiro atoms. The predicted octanol–water partition coefficient (Wildman–Crippen LogP) is 16.8. The molecular formula is C58H110NO7+. The molecule has 0 saturated carbocycles. The highest BCUT2D eigenvalue weighted by molar-refractivity contribution is 5.72. The predicted molar refractivity (Wildman–Crippen MR) is 280 cm³/mol. The van der Waals surface area contributed by atoms with Gasteiger partial charge in [0.1, 0.15) is 6.61 Å². The number of nitrogens with zero attached hydrogens (tertiary/aromatic N) is 1. The lowest BCUT2D eigenvalue weighted by molar-refractivity contribution is -0.887. The lowest BCUT2D eigenvalue weighted by atomic mass is 10.0. The number of carbonyl (C=O) groups excluding carboxylic acids is 2. The fourth-order valence-electron chi connectivity index (χ4n) is 8.73. The molecule has 0 heterocycles. The quantitative estimate of drug-likeness (QED) is 0.0281. The third-order valence-corrected chi connectivity index (χ3v) is 13.1. The van der Waals surface area contributed by atoms with Crippen molar-refractivity contribution in [2.75, 3.05) is 41.0 Å². The van der Waals surface area contributed by atoms with E-state index in [1.54, 1.807) is 0 Å². The van der Waals surface area contributed by atoms with Crippen molar-refractivity contribution >= 4 is 17.9 Å². The summed E-state index contributed by atoms with van der Waals surface area (Å²) < 4.78 is 17.4. The number of carboxylic acid groups (broad SMARTS) is 1. The van der Waals surface area contributed by atoms with Crippen molar-refractivity contribution in [1.82, 2.24) is 0 Å². The molecule has 0 bridgehead atoms. The van der Waals surface area contributed by atoms with Crippen molar-refractivity contribution in [3.8, 4) is 0 Å². The van der Waals surface area contributed by atoms with Gasteiger partial charge in [0.05, 0.1) is 34.4 Å². The standard InChI is InChI=1S/C58H109NO7/c1-6-8-10-12-14-16-18-20-22-24-26-28-29-31-32-34-36-38-40-42-44-46-48-56(60)65-53-54(52-64-51-50-55(58(62)63)59(3,4)5)66-57(61)49-47-45-43-41-39-37-35-33-30-27-25-23-21-19-17-15-13-11-9-7-2/h17,19,21,23,54-55H,6-16,18,20,22,24-53H2,1-5H3/p+1/b19-17+,23-21+. The van der Waals surface area contributed by atoms with E-state index < -0.39 is 18.1 Å². The zero-order valence-corrected chi connectivity index (χ0v) is 44.4. The van der Waals surface area contributed by atoms with E-state index in [0.717, 1.165) is 38.5 Å². The SMILES string of the molecule is CCCCCC/C=C/C=C/CCCCCCCCCCCCC(=O)OC(COCCC(C(=O)O)[N+](C)(C)C)COC(=O)CCCCCCCCCCCCCCCCCCCCCCCC. The van der Waals surface area contributed by atoms with Gasteiger partial charge in [0.25, 0.3) is 0 Å². The first-order valence-electron chi connectivity index (χ1n) is 28.4. The number of hydrogen-bond acceptors (Lipinski definition) is 6. The van der Waals surface area contributed by atoms with E-state index in [9.17, 15) is 19.5 Å². The normalized spacial score (nSPS) is 12.9. The van der Waals surface area contributed by atoms with Crippen LogP contribution < -0.4 is 0 Å². The van der Waals surface area contributed by atoms with Gasteiger partial charge in [-0.1, -0.05) is 244 Å². The maximum absolute atomic E-state index is 12.8. The summed E-state index contributed by atoms with van der Waals surface area (Å²) in [7, 11) is 5.55. The van der Waals surface area contributed by atoms with Gasteiger partial charge in [-0.3, -0.25) is 9.59 Å². The Kier molecular flexibility index (Phi) is 47.6. The van der Waals surface area contributed by atoms with E-state index >= 15 is 0 Å². The number of likely N-dealkylation sites (N-methyl/N-ethyl adjacent to an activating group) is 1. The molecule has 0 amide bonds. The number of unbranched alkanes of at least 4 members (excludes halogenated alkanes) is 35. The number of aliphatic carboxylic acids is 1. The number of esters is 2. The lowest BCUT2D eigenvalue weighted by Gasteiger charge is -2.31. The van der Waals surface area contributed by atoms with Crippen LogP contribution in [-0.4, -0.2) is 80.6 Å². The smallest absolute Gasteiger partial charge is 0.362 e. The summed E-state index contributed by atoms with van der Waals surface area (Å²) >= 11 is 0. The maximum atomic E-state index is 12.8. The van der Waals surface area contributed by atoms with Gasteiger partial charge >= 0.3 is 17.9 Å². The molecule has 0 aromatic carbocycles. The summed E-state index contributed by atoms with van der Waals surface area (Å²) in [6.45, 7) is 4.77. The molecular weight excluding hydrogens is 823 g/mol. The zero-order chi connectivity index (χ0) is 48.4. The third kappa shape index (κ3) is 46.9. The Balaban J connectivity index is 4.14. The van der Waals surface area contributed by atoms with Gasteiger partial charge in [0.2, 0.25) is 0 Å². The Morgan fingerprint density at radius 3 is 1.15 bits per heavy atom. The molecule has 0 rings (SSSR count). The van der Waals surface area contributed by atoms with Crippen molar-refractivity contribution in [3.63, 3.8) is 0 Å². The van der Waals surface area contributed by atoms with E-state index in [2.05, 4.69) is 38.2 Å². The topological polar surface area (TPSA) is 99.1 Å². The Hall–Kier alpha value is -2.19. The number of allylic oxidation sites excluding steroid dienone is 4. The highest BCUT2D eigenvalue weighted by Crippen LogP contribution is 2.17. The number of carbonyl (C=O) groups is 3. The summed E-state index contributed by atoms with van der Waals surface area (Å²) in [6, 6.07) is -0.613. The van der Waals surface area contributed by atoms with Gasteiger partial charge < -0.3 is 23.8 Å². The molecule has 0 aliphatic heterocycles. The van der Waals surface area contributed by atoms with Gasteiger partial charge in [-0.2, -0.15) is 0 Å². The monoisotopic (exact) mass is 933 g/mol. The maximum Gasteiger partial charge on any atom is 0.362 e. The molecule has 0 aromatic rings. The number of quaternary nitrogens is 1. The average molecular weight is 934 g/mol. The lowest BCUT2D eigenvalue weighted by Crippen LogP contribution is -2.50. The fourth-order valence-corrected chi connectivity index (χ4v) is 8.73. The second kappa shape index (κ2) is 49.2. The molecule has 388 valence electrons. The Morgan fingerprint density at radius 1 is 0.455 bits per heavy atom. The molecule has 1 N–H and O–H groups in total. The van der Waals surface area contributed by atoms with E-state index in [1.807, 2.05) is 21.1 Å². The Morgan fingerprint density at radius 2 is 0.788 bits per heavy atom. The van der Waals surface area contributed by atoms with Crippen molar-refractivity contribution in [2.45, 2.75) is 289 Å². The summed E-state index contributed by atoms with van der Waals surface area (Å²) in [6.07, 6.45) is 58.1. The van der Waals surface area contributed by atoms with Crippen molar-refractivity contribution in [1.29, 1.82) is 0 Å². The first-order chi connectivity index (χ1) is 32.1.